The Morgan fingerprint density at radius 1 is 1.17 bits per heavy atom. The smallest absolute Gasteiger partial charge is 0.186 e. The highest BCUT2D eigenvalue weighted by Gasteiger charge is 2.22. The van der Waals surface area contributed by atoms with Crippen molar-refractivity contribution in [3.8, 4) is 17.2 Å². The molecule has 0 N–H and O–H groups in total. The summed E-state index contributed by atoms with van der Waals surface area (Å²) >= 11 is 1.78. The molecule has 0 radical (unpaired) electrons. The Bertz CT molecular complexity index is 936. The van der Waals surface area contributed by atoms with Gasteiger partial charge in [-0.3, -0.25) is 0 Å². The summed E-state index contributed by atoms with van der Waals surface area (Å²) in [6.45, 7) is 3.95. The molecule has 4 rings (SSSR count). The lowest BCUT2D eigenvalue weighted by atomic mass is 9.97. The molecule has 0 saturated carbocycles. The molecule has 4 heteroatoms. The summed E-state index contributed by atoms with van der Waals surface area (Å²) in [5.41, 5.74) is 5.51. The number of benzene rings is 2. The lowest BCUT2D eigenvalue weighted by molar-refractivity contribution is 0.873. The first-order valence-electron chi connectivity index (χ1n) is 8.09. The van der Waals surface area contributed by atoms with Crippen LogP contribution in [-0.4, -0.2) is 4.98 Å². The van der Waals surface area contributed by atoms with Crippen LogP contribution >= 0.6 is 11.3 Å². The topological polar surface area (TPSA) is 39.9 Å². The first-order chi connectivity index (χ1) is 11.8. The largest absolute Gasteiger partial charge is 0.339 e. The fourth-order valence-corrected chi connectivity index (χ4v) is 3.98. The third-order valence-corrected chi connectivity index (χ3v) is 5.65. The van der Waals surface area contributed by atoms with Gasteiger partial charge in [0.25, 0.3) is 0 Å². The molecule has 0 unspecified atom stereocenters. The van der Waals surface area contributed by atoms with Crippen LogP contribution < -0.4 is 4.90 Å². The van der Waals surface area contributed by atoms with Crippen molar-refractivity contribution < 1.29 is 0 Å². The van der Waals surface area contributed by atoms with Crippen LogP contribution in [0.25, 0.3) is 11.1 Å². The van der Waals surface area contributed by atoms with Crippen LogP contribution in [0.1, 0.15) is 28.5 Å². The number of rotatable bonds is 3. The minimum Gasteiger partial charge on any atom is -0.339 e. The van der Waals surface area contributed by atoms with E-state index < -0.39 is 0 Å². The number of aromatic nitrogens is 1. The van der Waals surface area contributed by atoms with E-state index in [4.69, 9.17) is 0 Å². The summed E-state index contributed by atoms with van der Waals surface area (Å²) < 4.78 is 0. The summed E-state index contributed by atoms with van der Waals surface area (Å²) in [5.74, 6) is 0. The zero-order valence-electron chi connectivity index (χ0n) is 13.5. The van der Waals surface area contributed by atoms with E-state index in [9.17, 15) is 5.26 Å². The fourth-order valence-electron chi connectivity index (χ4n) is 3.14. The van der Waals surface area contributed by atoms with E-state index in [1.165, 1.54) is 16.0 Å². The summed E-state index contributed by atoms with van der Waals surface area (Å²) in [7, 11) is 0. The Hall–Kier alpha value is -2.64. The number of hydrogen-bond donors (Lipinski definition) is 0. The molecule has 1 aliphatic heterocycles. The highest BCUT2D eigenvalue weighted by atomic mass is 32.1. The molecule has 2 heterocycles. The molecule has 1 aliphatic rings. The maximum Gasteiger partial charge on any atom is 0.186 e. The molecular weight excluding hydrogens is 314 g/mol. The Balaban J connectivity index is 1.65. The number of hydrogen-bond acceptors (Lipinski definition) is 4. The molecule has 0 saturated heterocycles. The van der Waals surface area contributed by atoms with Gasteiger partial charge >= 0.3 is 0 Å². The predicted octanol–water partition coefficient (Wildman–Crippen LogP) is 4.76. The molecule has 0 amide bonds. The second-order valence-corrected chi connectivity index (χ2v) is 7.05. The fraction of sp³-hybridized carbons (Fsp3) is 0.200. The van der Waals surface area contributed by atoms with E-state index in [2.05, 4.69) is 41.1 Å². The molecular formula is C20H17N3S. The third-order valence-electron chi connectivity index (χ3n) is 4.45. The molecule has 3 nitrogen and oxygen atoms in total. The van der Waals surface area contributed by atoms with Crippen LogP contribution in [-0.2, 0) is 19.5 Å². The average Bonchev–Trinajstić information content (AvgIpc) is 3.27. The van der Waals surface area contributed by atoms with Gasteiger partial charge in [-0.2, -0.15) is 5.26 Å². The maximum absolute atomic E-state index is 9.32. The zero-order valence-corrected chi connectivity index (χ0v) is 14.3. The second-order valence-electron chi connectivity index (χ2n) is 5.96. The molecule has 0 bridgehead atoms. The number of fused-ring (bicyclic) bond motifs is 1. The van der Waals surface area contributed by atoms with Crippen LogP contribution in [0.15, 0.2) is 48.7 Å². The van der Waals surface area contributed by atoms with E-state index >= 15 is 0 Å². The molecule has 0 aliphatic carbocycles. The minimum atomic E-state index is 0.722. The molecule has 24 heavy (non-hydrogen) atoms. The standard InChI is InChI=1S/C20H17N3S/c1-2-18-11-22-20(24-18)23-12-16-8-7-14(9-17(16)13-23)19-6-4-3-5-15(19)10-21/h3-9,11H,2,12-13H2,1H3. The number of thiazole rings is 1. The molecule has 0 spiro atoms. The summed E-state index contributed by atoms with van der Waals surface area (Å²) in [5, 5.41) is 10.4. The summed E-state index contributed by atoms with van der Waals surface area (Å²) in [6.07, 6.45) is 3.02. The van der Waals surface area contributed by atoms with Gasteiger partial charge in [0.1, 0.15) is 0 Å². The Kier molecular flexibility index (Phi) is 3.79. The molecule has 3 aromatic rings. The summed E-state index contributed by atoms with van der Waals surface area (Å²) in [6, 6.07) is 16.6. The van der Waals surface area contributed by atoms with E-state index in [1.807, 2.05) is 30.5 Å². The molecule has 1 aromatic heterocycles. The monoisotopic (exact) mass is 331 g/mol. The van der Waals surface area contributed by atoms with E-state index in [-0.39, 0.29) is 0 Å². The van der Waals surface area contributed by atoms with Gasteiger partial charge in [-0.05, 0) is 40.8 Å². The Labute approximate surface area is 145 Å². The number of aryl methyl sites for hydroxylation is 1. The van der Waals surface area contributed by atoms with Crippen molar-refractivity contribution in [2.45, 2.75) is 26.4 Å². The van der Waals surface area contributed by atoms with Crippen LogP contribution in [0.5, 0.6) is 0 Å². The van der Waals surface area contributed by atoms with Crippen molar-refractivity contribution in [3.05, 3.63) is 70.2 Å². The first kappa shape index (κ1) is 14.9. The lowest BCUT2D eigenvalue weighted by Gasteiger charge is -2.12. The average molecular weight is 331 g/mol. The lowest BCUT2D eigenvalue weighted by Crippen LogP contribution is -2.13. The highest BCUT2D eigenvalue weighted by Crippen LogP contribution is 2.34. The summed E-state index contributed by atoms with van der Waals surface area (Å²) in [4.78, 5) is 8.21. The van der Waals surface area contributed by atoms with Crippen molar-refractivity contribution in [3.63, 3.8) is 0 Å². The van der Waals surface area contributed by atoms with Crippen molar-refractivity contribution in [1.82, 2.24) is 4.98 Å². The van der Waals surface area contributed by atoms with E-state index in [0.717, 1.165) is 41.3 Å². The van der Waals surface area contributed by atoms with Crippen molar-refractivity contribution >= 4 is 16.5 Å². The molecule has 118 valence electrons. The van der Waals surface area contributed by atoms with Gasteiger partial charge in [0.05, 0.1) is 11.6 Å². The zero-order chi connectivity index (χ0) is 16.5. The highest BCUT2D eigenvalue weighted by molar-refractivity contribution is 7.15. The van der Waals surface area contributed by atoms with Gasteiger partial charge in [0.2, 0.25) is 0 Å². The van der Waals surface area contributed by atoms with E-state index in [1.54, 1.807) is 11.3 Å². The van der Waals surface area contributed by atoms with Gasteiger partial charge in [0, 0.05) is 24.2 Å². The normalized spacial score (nSPS) is 12.9. The Morgan fingerprint density at radius 3 is 2.79 bits per heavy atom. The number of anilines is 1. The SMILES string of the molecule is CCc1cnc(N2Cc3ccc(-c4ccccc4C#N)cc3C2)s1. The van der Waals surface area contributed by atoms with E-state index in [0.29, 0.717) is 0 Å². The third kappa shape index (κ3) is 2.57. The second kappa shape index (κ2) is 6.10. The van der Waals surface area contributed by atoms with Crippen molar-refractivity contribution in [2.75, 3.05) is 4.90 Å². The number of nitrogens with zero attached hydrogens (tertiary/aromatic N) is 3. The molecule has 2 aromatic carbocycles. The Morgan fingerprint density at radius 2 is 2.00 bits per heavy atom. The quantitative estimate of drug-likeness (QED) is 0.694. The van der Waals surface area contributed by atoms with Gasteiger partial charge in [-0.1, -0.05) is 37.3 Å². The first-order valence-corrected chi connectivity index (χ1v) is 8.91. The number of nitriles is 1. The van der Waals surface area contributed by atoms with Crippen LogP contribution in [0.4, 0.5) is 5.13 Å². The minimum absolute atomic E-state index is 0.722. The van der Waals surface area contributed by atoms with Gasteiger partial charge < -0.3 is 4.90 Å². The van der Waals surface area contributed by atoms with Crippen molar-refractivity contribution in [2.24, 2.45) is 0 Å². The predicted molar refractivity (Wildman–Crippen MR) is 98.0 cm³/mol. The van der Waals surface area contributed by atoms with Crippen LogP contribution in [0.2, 0.25) is 0 Å². The maximum atomic E-state index is 9.32. The van der Waals surface area contributed by atoms with Gasteiger partial charge in [0.15, 0.2) is 5.13 Å². The van der Waals surface area contributed by atoms with Gasteiger partial charge in [-0.15, -0.1) is 11.3 Å². The van der Waals surface area contributed by atoms with Gasteiger partial charge in [-0.25, -0.2) is 4.98 Å². The molecule has 0 fully saturated rings. The molecule has 0 atom stereocenters. The van der Waals surface area contributed by atoms with Crippen LogP contribution in [0.3, 0.4) is 0 Å². The van der Waals surface area contributed by atoms with Crippen LogP contribution in [0, 0.1) is 11.3 Å². The van der Waals surface area contributed by atoms with Crippen molar-refractivity contribution in [1.29, 1.82) is 5.26 Å².